The standard InChI is InChI=1S/C48H32N2.CH4/c1-4-15-33(16-5-1)38-23-14-24-39(34-17-6-2-7-18-34)48(38)35-27-29-46-42(31-35)40-21-10-13-26-45(40)50(46)37-28-30-47-43(32-37)41-22-11-12-25-44(41)49(47)36-19-8-3-9-20-36;/h1-32H;1H4/i3D,8D,9D,19D,20D;. The minimum atomic E-state index is -0.406. The summed E-state index contributed by atoms with van der Waals surface area (Å²) in [5, 5.41) is 4.13. The molecule has 0 aliphatic carbocycles. The van der Waals surface area contributed by atoms with Crippen molar-refractivity contribution < 1.29 is 6.85 Å². The molecule has 2 aromatic heterocycles. The second-order valence-electron chi connectivity index (χ2n) is 12.6. The van der Waals surface area contributed by atoms with Gasteiger partial charge >= 0.3 is 0 Å². The number of aromatic nitrogens is 2. The molecule has 8 aromatic carbocycles. The number of nitrogens with zero attached hydrogens (tertiary/aromatic N) is 2. The number of hydrogen-bond acceptors (Lipinski definition) is 0. The van der Waals surface area contributed by atoms with Gasteiger partial charge in [-0.05, 0) is 87.9 Å². The third-order valence-corrected chi connectivity index (χ3v) is 9.82. The summed E-state index contributed by atoms with van der Waals surface area (Å²) in [5.74, 6) is 0. The molecule has 0 saturated heterocycles. The molecule has 10 rings (SSSR count). The Morgan fingerprint density at radius 1 is 0.353 bits per heavy atom. The van der Waals surface area contributed by atoms with E-state index in [2.05, 4.69) is 138 Å². The summed E-state index contributed by atoms with van der Waals surface area (Å²) < 4.78 is 46.7. The van der Waals surface area contributed by atoms with Crippen LogP contribution in [0.5, 0.6) is 0 Å². The normalized spacial score (nSPS) is 12.7. The van der Waals surface area contributed by atoms with Crippen molar-refractivity contribution in [1.82, 2.24) is 9.13 Å². The van der Waals surface area contributed by atoms with Crippen LogP contribution in [0, 0.1) is 0 Å². The molecule has 0 radical (unpaired) electrons. The predicted octanol–water partition coefficient (Wildman–Crippen LogP) is 13.5. The van der Waals surface area contributed by atoms with Crippen LogP contribution >= 0.6 is 0 Å². The van der Waals surface area contributed by atoms with Crippen molar-refractivity contribution >= 4 is 43.6 Å². The van der Waals surface area contributed by atoms with Gasteiger partial charge in [-0.3, -0.25) is 0 Å². The van der Waals surface area contributed by atoms with E-state index in [4.69, 9.17) is 6.85 Å². The van der Waals surface area contributed by atoms with Crippen molar-refractivity contribution in [3.8, 4) is 44.8 Å². The zero-order valence-corrected chi connectivity index (χ0v) is 27.0. The van der Waals surface area contributed by atoms with Gasteiger partial charge in [0.2, 0.25) is 0 Å². The average molecular weight is 658 g/mol. The minimum Gasteiger partial charge on any atom is -0.309 e. The van der Waals surface area contributed by atoms with E-state index in [0.29, 0.717) is 0 Å². The molecule has 0 amide bonds. The third-order valence-electron chi connectivity index (χ3n) is 9.82. The number of fused-ring (bicyclic) bond motifs is 6. The van der Waals surface area contributed by atoms with E-state index in [1.165, 1.54) is 16.7 Å². The first-order valence-corrected chi connectivity index (χ1v) is 16.8. The average Bonchev–Trinajstić information content (AvgIpc) is 3.74. The van der Waals surface area contributed by atoms with Crippen molar-refractivity contribution in [2.75, 3.05) is 0 Å². The van der Waals surface area contributed by atoms with Gasteiger partial charge in [0.1, 0.15) is 0 Å². The van der Waals surface area contributed by atoms with Gasteiger partial charge in [0.05, 0.1) is 28.9 Å². The Morgan fingerprint density at radius 3 is 1.45 bits per heavy atom. The van der Waals surface area contributed by atoms with Crippen molar-refractivity contribution in [2.45, 2.75) is 7.43 Å². The van der Waals surface area contributed by atoms with Crippen LogP contribution in [0.4, 0.5) is 0 Å². The van der Waals surface area contributed by atoms with Crippen LogP contribution in [-0.4, -0.2) is 9.13 Å². The molecule has 0 fully saturated rings. The topological polar surface area (TPSA) is 9.86 Å². The van der Waals surface area contributed by atoms with Crippen LogP contribution in [0.2, 0.25) is 0 Å². The molecule has 0 bridgehead atoms. The summed E-state index contributed by atoms with van der Waals surface area (Å²) in [4.78, 5) is 0. The highest BCUT2D eigenvalue weighted by molar-refractivity contribution is 6.13. The molecule has 10 aromatic rings. The van der Waals surface area contributed by atoms with Crippen LogP contribution < -0.4 is 0 Å². The zero-order chi connectivity index (χ0) is 37.4. The van der Waals surface area contributed by atoms with E-state index in [1.807, 2.05) is 30.3 Å². The van der Waals surface area contributed by atoms with Crippen LogP contribution in [0.15, 0.2) is 194 Å². The summed E-state index contributed by atoms with van der Waals surface area (Å²) in [6.07, 6.45) is 0. The quantitative estimate of drug-likeness (QED) is 0.174. The molecule has 51 heavy (non-hydrogen) atoms. The maximum Gasteiger partial charge on any atom is 0.0645 e. The highest BCUT2D eigenvalue weighted by atomic mass is 15.0. The molecule has 2 nitrogen and oxygen atoms in total. The molecule has 0 unspecified atom stereocenters. The third kappa shape index (κ3) is 4.87. The van der Waals surface area contributed by atoms with E-state index in [0.717, 1.165) is 66.0 Å². The summed E-state index contributed by atoms with van der Waals surface area (Å²) in [6, 6.07) is 55.4. The second kappa shape index (κ2) is 12.4. The van der Waals surface area contributed by atoms with Gasteiger partial charge in [-0.1, -0.05) is 147 Å². The van der Waals surface area contributed by atoms with E-state index < -0.39 is 6.04 Å². The fourth-order valence-corrected chi connectivity index (χ4v) is 7.68. The maximum absolute atomic E-state index is 8.80. The van der Waals surface area contributed by atoms with Crippen LogP contribution in [0.25, 0.3) is 88.4 Å². The summed E-state index contributed by atoms with van der Waals surface area (Å²) in [5.41, 5.74) is 11.8. The smallest absolute Gasteiger partial charge is 0.0645 e. The monoisotopic (exact) mass is 657 g/mol. The van der Waals surface area contributed by atoms with Crippen molar-refractivity contribution in [1.29, 1.82) is 0 Å². The Morgan fingerprint density at radius 2 is 0.843 bits per heavy atom. The first kappa shape index (κ1) is 25.3. The van der Waals surface area contributed by atoms with Gasteiger partial charge in [0, 0.05) is 32.9 Å². The fraction of sp³-hybridized carbons (Fsp3) is 0.0204. The lowest BCUT2D eigenvalue weighted by Crippen LogP contribution is -1.95. The molecule has 242 valence electrons. The van der Waals surface area contributed by atoms with Crippen molar-refractivity contribution in [2.24, 2.45) is 0 Å². The Balaban J connectivity index is 0.00000410. The lowest BCUT2D eigenvalue weighted by Gasteiger charge is -2.17. The highest BCUT2D eigenvalue weighted by Crippen LogP contribution is 2.43. The Hall–Kier alpha value is -6.64. The molecule has 2 heterocycles. The van der Waals surface area contributed by atoms with Crippen molar-refractivity contribution in [3.05, 3.63) is 194 Å². The summed E-state index contributed by atoms with van der Waals surface area (Å²) in [6.45, 7) is 0. The number of benzene rings is 8. The van der Waals surface area contributed by atoms with Gasteiger partial charge in [0.25, 0.3) is 0 Å². The minimum absolute atomic E-state index is 0. The Kier molecular flexibility index (Phi) is 6.14. The molecular formula is C49H36N2. The van der Waals surface area contributed by atoms with Gasteiger partial charge < -0.3 is 9.13 Å². The van der Waals surface area contributed by atoms with E-state index in [1.54, 1.807) is 4.57 Å². The largest absolute Gasteiger partial charge is 0.309 e. The first-order chi connectivity index (χ1) is 26.9. The number of rotatable bonds is 5. The van der Waals surface area contributed by atoms with Crippen LogP contribution in [0.1, 0.15) is 14.3 Å². The van der Waals surface area contributed by atoms with Gasteiger partial charge in [-0.25, -0.2) is 0 Å². The van der Waals surface area contributed by atoms with Gasteiger partial charge in [0.15, 0.2) is 0 Å². The summed E-state index contributed by atoms with van der Waals surface area (Å²) in [7, 11) is 0. The molecule has 2 heteroatoms. The molecule has 0 atom stereocenters. The highest BCUT2D eigenvalue weighted by Gasteiger charge is 2.19. The maximum atomic E-state index is 8.80. The molecule has 0 aliphatic rings. The second-order valence-corrected chi connectivity index (χ2v) is 12.6. The SMILES string of the molecule is C.[2H]c1c([2H])c([2H])c(-n2c3ccccc3c3cc(-n4c5ccccc5c5cc(-c6c(-c7ccccc7)cccc6-c6ccccc6)ccc54)ccc32)c([2H])c1[2H]. The van der Waals surface area contributed by atoms with Crippen molar-refractivity contribution in [3.63, 3.8) is 0 Å². The molecule has 0 saturated carbocycles. The summed E-state index contributed by atoms with van der Waals surface area (Å²) >= 11 is 0. The molecular weight excluding hydrogens is 617 g/mol. The van der Waals surface area contributed by atoms with E-state index in [9.17, 15) is 0 Å². The van der Waals surface area contributed by atoms with Crippen LogP contribution in [-0.2, 0) is 0 Å². The Labute approximate surface area is 305 Å². The van der Waals surface area contributed by atoms with Gasteiger partial charge in [-0.2, -0.15) is 0 Å². The Bertz CT molecular complexity index is 3060. The van der Waals surface area contributed by atoms with Crippen LogP contribution in [0.3, 0.4) is 0 Å². The van der Waals surface area contributed by atoms with E-state index in [-0.39, 0.29) is 37.3 Å². The first-order valence-electron chi connectivity index (χ1n) is 19.3. The predicted molar refractivity (Wildman–Crippen MR) is 218 cm³/mol. The number of para-hydroxylation sites is 3. The lowest BCUT2D eigenvalue weighted by atomic mass is 9.87. The molecule has 0 spiro atoms. The fourth-order valence-electron chi connectivity index (χ4n) is 7.68. The lowest BCUT2D eigenvalue weighted by molar-refractivity contribution is 1.17. The van der Waals surface area contributed by atoms with E-state index >= 15 is 0 Å². The van der Waals surface area contributed by atoms with Gasteiger partial charge in [-0.15, -0.1) is 0 Å². The zero-order valence-electron chi connectivity index (χ0n) is 32.0. The molecule has 0 aliphatic heterocycles. The molecule has 0 N–H and O–H groups in total. The number of hydrogen-bond donors (Lipinski definition) is 0.